The first-order valence-electron chi connectivity index (χ1n) is 6.46. The fraction of sp³-hybridized carbons (Fsp3) is 0.429. The molecule has 1 aromatic rings. The van der Waals surface area contributed by atoms with Crippen molar-refractivity contribution in [1.82, 2.24) is 4.90 Å². The number of likely N-dealkylation sites (tertiary alicyclic amines) is 1. The van der Waals surface area contributed by atoms with Crippen molar-refractivity contribution in [2.75, 3.05) is 26.4 Å². The fourth-order valence-electron chi connectivity index (χ4n) is 2.37. The molecule has 108 valence electrons. The molecule has 1 aliphatic rings. The molecule has 0 spiro atoms. The Morgan fingerprint density at radius 3 is 2.20 bits per heavy atom. The molecule has 1 heterocycles. The third-order valence-corrected chi connectivity index (χ3v) is 5.89. The van der Waals surface area contributed by atoms with Crippen LogP contribution in [-0.4, -0.2) is 54.0 Å². The van der Waals surface area contributed by atoms with Crippen LogP contribution in [0.2, 0.25) is 0 Å². The Hall–Kier alpha value is -1.61. The Balaban J connectivity index is 2.09. The molecule has 0 aromatic heterocycles. The van der Waals surface area contributed by atoms with Crippen LogP contribution in [0.1, 0.15) is 27.1 Å². The predicted octanol–water partition coefficient (Wildman–Crippen LogP) is 2.22. The quantitative estimate of drug-likeness (QED) is 0.868. The monoisotopic (exact) mass is 295 g/mol. The molecule has 1 amide bonds. The molecule has 1 atom stereocenters. The van der Waals surface area contributed by atoms with Gasteiger partial charge in [0.2, 0.25) is 0 Å². The Labute approximate surface area is 118 Å². The van der Waals surface area contributed by atoms with E-state index in [1.807, 2.05) is 0 Å². The van der Waals surface area contributed by atoms with Crippen LogP contribution in [0.4, 0.5) is 0 Å². The highest BCUT2D eigenvalue weighted by molar-refractivity contribution is 7.63. The highest BCUT2D eigenvalue weighted by Gasteiger charge is 2.33. The van der Waals surface area contributed by atoms with Crippen LogP contribution >= 0.6 is 7.14 Å². The summed E-state index contributed by atoms with van der Waals surface area (Å²) in [5, 5.41) is 8.82. The summed E-state index contributed by atoms with van der Waals surface area (Å²) in [4.78, 5) is 24.7. The summed E-state index contributed by atoms with van der Waals surface area (Å²) >= 11 is 0. The van der Waals surface area contributed by atoms with E-state index in [0.29, 0.717) is 18.7 Å². The van der Waals surface area contributed by atoms with Crippen molar-refractivity contribution < 1.29 is 19.3 Å². The van der Waals surface area contributed by atoms with Crippen molar-refractivity contribution in [2.24, 2.45) is 0 Å². The lowest BCUT2D eigenvalue weighted by atomic mass is 10.1. The highest BCUT2D eigenvalue weighted by atomic mass is 31.2. The van der Waals surface area contributed by atoms with Crippen LogP contribution in [0.25, 0.3) is 0 Å². The summed E-state index contributed by atoms with van der Waals surface area (Å²) in [6.45, 7) is 4.64. The maximum Gasteiger partial charge on any atom is 0.335 e. The smallest absolute Gasteiger partial charge is 0.335 e. The second-order valence-electron chi connectivity index (χ2n) is 5.51. The number of carbonyl (C=O) groups excluding carboxylic acids is 1. The van der Waals surface area contributed by atoms with Gasteiger partial charge in [0.05, 0.1) is 12.7 Å². The molecule has 1 N–H and O–H groups in total. The van der Waals surface area contributed by atoms with Crippen molar-refractivity contribution in [3.63, 3.8) is 0 Å². The van der Waals surface area contributed by atoms with Gasteiger partial charge in [-0.05, 0) is 44.0 Å². The molecule has 1 aliphatic heterocycles. The fourth-order valence-corrected chi connectivity index (χ4v) is 3.70. The normalized spacial score (nSPS) is 19.1. The number of carboxylic acids is 1. The number of nitrogens with zero attached hydrogens (tertiary/aromatic N) is 1. The second kappa shape index (κ2) is 5.41. The van der Waals surface area contributed by atoms with E-state index in [4.69, 9.17) is 5.11 Å². The summed E-state index contributed by atoms with van der Waals surface area (Å²) in [5.74, 6) is -1.14. The molecule has 1 saturated heterocycles. The van der Waals surface area contributed by atoms with Gasteiger partial charge in [-0.15, -0.1) is 0 Å². The predicted molar refractivity (Wildman–Crippen MR) is 77.2 cm³/mol. The van der Waals surface area contributed by atoms with Crippen molar-refractivity contribution in [1.29, 1.82) is 0 Å². The molecule has 1 unspecified atom stereocenters. The number of aromatic carboxylic acids is 1. The second-order valence-corrected chi connectivity index (χ2v) is 9.11. The van der Waals surface area contributed by atoms with Crippen LogP contribution in [0.3, 0.4) is 0 Å². The zero-order valence-corrected chi connectivity index (χ0v) is 12.5. The van der Waals surface area contributed by atoms with Gasteiger partial charge in [0.25, 0.3) is 5.91 Å². The molecule has 20 heavy (non-hydrogen) atoms. The van der Waals surface area contributed by atoms with Crippen LogP contribution < -0.4 is 0 Å². The minimum absolute atomic E-state index is 0.0738. The van der Waals surface area contributed by atoms with Crippen molar-refractivity contribution >= 4 is 19.0 Å². The number of carboxylic acid groups (broad SMARTS) is 1. The van der Waals surface area contributed by atoms with Gasteiger partial charge in [0, 0.05) is 24.3 Å². The largest absolute Gasteiger partial charge is 0.478 e. The highest BCUT2D eigenvalue weighted by Crippen LogP contribution is 2.46. The topological polar surface area (TPSA) is 74.7 Å². The van der Waals surface area contributed by atoms with E-state index in [2.05, 4.69) is 0 Å². The van der Waals surface area contributed by atoms with Gasteiger partial charge in [-0.3, -0.25) is 4.79 Å². The first-order chi connectivity index (χ1) is 9.29. The summed E-state index contributed by atoms with van der Waals surface area (Å²) in [6, 6.07) is 5.90. The van der Waals surface area contributed by atoms with Crippen molar-refractivity contribution in [3.05, 3.63) is 35.4 Å². The van der Waals surface area contributed by atoms with Crippen molar-refractivity contribution in [2.45, 2.75) is 12.1 Å². The van der Waals surface area contributed by atoms with Crippen LogP contribution in [0.15, 0.2) is 24.3 Å². The molecule has 0 radical (unpaired) electrons. The number of hydrogen-bond acceptors (Lipinski definition) is 3. The standard InChI is InChI=1S/C14H18NO4P/c1-20(2,19)12-7-8-15(9-12)13(16)10-3-5-11(6-4-10)14(17)18/h3-6,12H,7-9H2,1-2H3,(H,17,18). The molecular weight excluding hydrogens is 277 g/mol. The minimum atomic E-state index is -2.17. The van der Waals surface area contributed by atoms with E-state index < -0.39 is 13.1 Å². The van der Waals surface area contributed by atoms with Gasteiger partial charge < -0.3 is 14.6 Å². The molecule has 0 aliphatic carbocycles. The molecule has 0 bridgehead atoms. The average Bonchev–Trinajstić information content (AvgIpc) is 2.87. The molecule has 0 saturated carbocycles. The third kappa shape index (κ3) is 3.10. The Morgan fingerprint density at radius 2 is 1.75 bits per heavy atom. The maximum atomic E-state index is 12.3. The summed E-state index contributed by atoms with van der Waals surface area (Å²) in [5.41, 5.74) is 0.704. The van der Waals surface area contributed by atoms with E-state index in [0.717, 1.165) is 6.42 Å². The molecule has 1 fully saturated rings. The molecular formula is C14H18NO4P. The van der Waals surface area contributed by atoms with Crippen LogP contribution in [0, 0.1) is 0 Å². The number of hydrogen-bond donors (Lipinski definition) is 1. The first-order valence-corrected chi connectivity index (χ1v) is 9.13. The van der Waals surface area contributed by atoms with Gasteiger partial charge in [-0.1, -0.05) is 0 Å². The van der Waals surface area contributed by atoms with Gasteiger partial charge in [0.1, 0.15) is 0 Å². The van der Waals surface area contributed by atoms with Gasteiger partial charge >= 0.3 is 5.97 Å². The maximum absolute atomic E-state index is 12.3. The van der Waals surface area contributed by atoms with Crippen LogP contribution in [-0.2, 0) is 4.57 Å². The lowest BCUT2D eigenvalue weighted by Crippen LogP contribution is -2.29. The van der Waals surface area contributed by atoms with E-state index in [1.54, 1.807) is 18.2 Å². The minimum Gasteiger partial charge on any atom is -0.478 e. The summed E-state index contributed by atoms with van der Waals surface area (Å²) < 4.78 is 12.0. The van der Waals surface area contributed by atoms with Gasteiger partial charge in [-0.25, -0.2) is 4.79 Å². The third-order valence-electron chi connectivity index (χ3n) is 3.71. The molecule has 5 nitrogen and oxygen atoms in total. The number of amides is 1. The van der Waals surface area contributed by atoms with E-state index in [-0.39, 0.29) is 17.1 Å². The molecule has 1 aromatic carbocycles. The first kappa shape index (κ1) is 14.8. The van der Waals surface area contributed by atoms with E-state index >= 15 is 0 Å². The SMILES string of the molecule is CP(C)(=O)C1CCN(C(=O)c2ccc(C(=O)O)cc2)C1. The van der Waals surface area contributed by atoms with Crippen LogP contribution in [0.5, 0.6) is 0 Å². The zero-order valence-electron chi connectivity index (χ0n) is 11.6. The van der Waals surface area contributed by atoms with E-state index in [9.17, 15) is 14.2 Å². The number of benzene rings is 1. The van der Waals surface area contributed by atoms with E-state index in [1.165, 1.54) is 24.3 Å². The average molecular weight is 295 g/mol. The van der Waals surface area contributed by atoms with Gasteiger partial charge in [0.15, 0.2) is 0 Å². The lowest BCUT2D eigenvalue weighted by Gasteiger charge is -2.18. The Morgan fingerprint density at radius 1 is 1.20 bits per heavy atom. The zero-order chi connectivity index (χ0) is 14.9. The van der Waals surface area contributed by atoms with Gasteiger partial charge in [-0.2, -0.15) is 0 Å². The Kier molecular flexibility index (Phi) is 4.00. The summed E-state index contributed by atoms with van der Waals surface area (Å²) in [6.07, 6.45) is 0.767. The number of rotatable bonds is 3. The number of carbonyl (C=O) groups is 2. The molecule has 6 heteroatoms. The summed E-state index contributed by atoms with van der Waals surface area (Å²) in [7, 11) is -2.17. The van der Waals surface area contributed by atoms with Crippen molar-refractivity contribution in [3.8, 4) is 0 Å². The lowest BCUT2D eigenvalue weighted by molar-refractivity contribution is 0.0695. The Bertz CT molecular complexity index is 575. The molecule has 2 rings (SSSR count).